The summed E-state index contributed by atoms with van der Waals surface area (Å²) in [5, 5.41) is 3.25. The van der Waals surface area contributed by atoms with Crippen LogP contribution in [0.3, 0.4) is 0 Å². The minimum absolute atomic E-state index is 0.311. The lowest BCUT2D eigenvalue weighted by Gasteiger charge is -2.41. The summed E-state index contributed by atoms with van der Waals surface area (Å²) in [6.07, 6.45) is 8.68. The number of nitrogens with one attached hydrogen (secondary N) is 1. The first-order valence-electron chi connectivity index (χ1n) is 6.72. The van der Waals surface area contributed by atoms with E-state index < -0.39 is 0 Å². The molecule has 0 aromatic heterocycles. The van der Waals surface area contributed by atoms with Crippen LogP contribution in [-0.4, -0.2) is 30.6 Å². The van der Waals surface area contributed by atoms with Gasteiger partial charge in [-0.25, -0.2) is 9.38 Å². The van der Waals surface area contributed by atoms with Crippen LogP contribution in [0.1, 0.15) is 32.1 Å². The number of nitrogens with zero attached hydrogens (tertiary/aromatic N) is 1. The third kappa shape index (κ3) is 3.09. The van der Waals surface area contributed by atoms with Crippen molar-refractivity contribution in [2.24, 2.45) is 22.4 Å². The fourth-order valence-electron chi connectivity index (χ4n) is 3.09. The summed E-state index contributed by atoms with van der Waals surface area (Å²) in [7, 11) is 0. The highest BCUT2D eigenvalue weighted by Gasteiger charge is 2.37. The summed E-state index contributed by atoms with van der Waals surface area (Å²) in [6.45, 7) is 0.128. The van der Waals surface area contributed by atoms with E-state index in [2.05, 4.69) is 10.3 Å². The van der Waals surface area contributed by atoms with Gasteiger partial charge in [-0.2, -0.15) is 0 Å². The smallest absolute Gasteiger partial charge is 0.102 e. The van der Waals surface area contributed by atoms with Crippen molar-refractivity contribution in [3.8, 4) is 0 Å². The lowest BCUT2D eigenvalue weighted by atomic mass is 9.71. The number of alkyl halides is 1. The van der Waals surface area contributed by atoms with Crippen LogP contribution < -0.4 is 16.8 Å². The van der Waals surface area contributed by atoms with Crippen LogP contribution in [0.2, 0.25) is 0 Å². The summed E-state index contributed by atoms with van der Waals surface area (Å²) in [5.74, 6) is 1.01. The number of nitrogens with two attached hydrogens (primary N) is 2. The van der Waals surface area contributed by atoms with Gasteiger partial charge in [0, 0.05) is 30.7 Å². The second kappa shape index (κ2) is 5.80. The fraction of sp³-hybridized carbons (Fsp3) is 0.769. The fourth-order valence-corrected chi connectivity index (χ4v) is 3.09. The summed E-state index contributed by atoms with van der Waals surface area (Å²) in [4.78, 5) is 4.06. The Kier molecular flexibility index (Phi) is 4.35. The van der Waals surface area contributed by atoms with E-state index in [1.165, 1.54) is 0 Å². The molecule has 3 atom stereocenters. The molecule has 1 saturated carbocycles. The molecule has 5 heteroatoms. The molecule has 0 aromatic rings. The summed E-state index contributed by atoms with van der Waals surface area (Å²) in [6, 6.07) is 0.383. The van der Waals surface area contributed by atoms with Crippen molar-refractivity contribution in [3.05, 3.63) is 12.3 Å². The lowest BCUT2D eigenvalue weighted by Crippen LogP contribution is -2.52. The largest absolute Gasteiger partial charge is 0.387 e. The molecule has 18 heavy (non-hydrogen) atoms. The van der Waals surface area contributed by atoms with Crippen molar-refractivity contribution in [1.82, 2.24) is 5.32 Å². The van der Waals surface area contributed by atoms with Crippen molar-refractivity contribution in [2.45, 2.75) is 43.7 Å². The molecule has 4 nitrogen and oxygen atoms in total. The quantitative estimate of drug-likeness (QED) is 0.702. The zero-order valence-corrected chi connectivity index (χ0v) is 10.7. The summed E-state index contributed by atoms with van der Waals surface area (Å²) < 4.78 is 12.2. The van der Waals surface area contributed by atoms with Gasteiger partial charge in [0.15, 0.2) is 0 Å². The lowest BCUT2D eigenvalue weighted by molar-refractivity contribution is 0.210. The number of aliphatic imine (C=N–C) groups is 1. The minimum Gasteiger partial charge on any atom is -0.387 e. The van der Waals surface area contributed by atoms with Crippen LogP contribution in [-0.2, 0) is 0 Å². The Bertz CT molecular complexity index is 342. The first kappa shape index (κ1) is 13.5. The summed E-state index contributed by atoms with van der Waals surface area (Å²) >= 11 is 0. The molecular formula is C13H23FN4. The Morgan fingerprint density at radius 2 is 2.33 bits per heavy atom. The van der Waals surface area contributed by atoms with E-state index in [1.54, 1.807) is 6.20 Å². The molecule has 1 fully saturated rings. The number of amidine groups is 1. The van der Waals surface area contributed by atoms with Gasteiger partial charge < -0.3 is 16.8 Å². The monoisotopic (exact) mass is 254 g/mol. The molecule has 0 amide bonds. The third-order valence-electron chi connectivity index (χ3n) is 4.07. The molecule has 1 heterocycles. The van der Waals surface area contributed by atoms with E-state index in [-0.39, 0.29) is 12.2 Å². The van der Waals surface area contributed by atoms with Crippen LogP contribution in [0, 0.1) is 5.92 Å². The molecule has 0 radical (unpaired) electrons. The number of hydrogen-bond donors (Lipinski definition) is 3. The normalized spacial score (nSPS) is 36.4. The molecule has 2 rings (SSSR count). The number of hydrogen-bond acceptors (Lipinski definition) is 4. The second-order valence-corrected chi connectivity index (χ2v) is 5.43. The Morgan fingerprint density at radius 3 is 3.06 bits per heavy atom. The highest BCUT2D eigenvalue weighted by Crippen LogP contribution is 2.35. The molecular weight excluding hydrogens is 231 g/mol. The highest BCUT2D eigenvalue weighted by atomic mass is 19.1. The Hall–Kier alpha value is -0.940. The van der Waals surface area contributed by atoms with E-state index in [0.717, 1.165) is 25.7 Å². The summed E-state index contributed by atoms with van der Waals surface area (Å²) in [5.41, 5.74) is 11.9. The van der Waals surface area contributed by atoms with Gasteiger partial charge in [0.1, 0.15) is 12.5 Å². The molecule has 1 aliphatic carbocycles. The molecule has 0 bridgehead atoms. The van der Waals surface area contributed by atoms with Gasteiger partial charge in [0.05, 0.1) is 0 Å². The Morgan fingerprint density at radius 1 is 1.50 bits per heavy atom. The van der Waals surface area contributed by atoms with Crippen molar-refractivity contribution in [3.63, 3.8) is 0 Å². The van der Waals surface area contributed by atoms with Gasteiger partial charge in [-0.05, 0) is 31.3 Å². The predicted molar refractivity (Wildman–Crippen MR) is 72.0 cm³/mol. The topological polar surface area (TPSA) is 76.4 Å². The molecule has 0 aromatic carbocycles. The van der Waals surface area contributed by atoms with Crippen LogP contribution in [0.15, 0.2) is 17.3 Å². The van der Waals surface area contributed by atoms with Gasteiger partial charge >= 0.3 is 0 Å². The maximum Gasteiger partial charge on any atom is 0.102 e. The van der Waals surface area contributed by atoms with Gasteiger partial charge in [-0.3, -0.25) is 0 Å². The standard InChI is InChI=1S/C13H23FN4/c14-5-7-17-11-3-1-2-10(8-11)13(16)4-6-18-12(15)9-13/h4,6,10-11,17H,1-3,5,7-9,16H2,(H2,15,18). The van der Waals surface area contributed by atoms with Gasteiger partial charge in [0.2, 0.25) is 0 Å². The molecule has 1 aliphatic heterocycles. The van der Waals surface area contributed by atoms with Crippen LogP contribution in [0.25, 0.3) is 0 Å². The maximum absolute atomic E-state index is 12.2. The van der Waals surface area contributed by atoms with E-state index >= 15 is 0 Å². The highest BCUT2D eigenvalue weighted by molar-refractivity contribution is 5.83. The number of halogens is 1. The van der Waals surface area contributed by atoms with E-state index in [1.807, 2.05) is 6.08 Å². The first-order valence-corrected chi connectivity index (χ1v) is 6.72. The van der Waals surface area contributed by atoms with Gasteiger partial charge in [-0.15, -0.1) is 0 Å². The third-order valence-corrected chi connectivity index (χ3v) is 4.07. The van der Waals surface area contributed by atoms with Gasteiger partial charge in [0.25, 0.3) is 0 Å². The van der Waals surface area contributed by atoms with Crippen LogP contribution in [0.4, 0.5) is 4.39 Å². The minimum atomic E-state index is -0.373. The Balaban J connectivity index is 1.96. The van der Waals surface area contributed by atoms with Crippen LogP contribution in [0.5, 0.6) is 0 Å². The van der Waals surface area contributed by atoms with E-state index in [9.17, 15) is 4.39 Å². The molecule has 102 valence electrons. The van der Waals surface area contributed by atoms with E-state index in [0.29, 0.717) is 30.8 Å². The molecule has 3 unspecified atom stereocenters. The van der Waals surface area contributed by atoms with Crippen LogP contribution >= 0.6 is 0 Å². The van der Waals surface area contributed by atoms with Crippen molar-refractivity contribution < 1.29 is 4.39 Å². The maximum atomic E-state index is 12.2. The average molecular weight is 254 g/mol. The number of rotatable bonds is 4. The first-order chi connectivity index (χ1) is 8.64. The van der Waals surface area contributed by atoms with Crippen molar-refractivity contribution in [2.75, 3.05) is 13.2 Å². The average Bonchev–Trinajstić information content (AvgIpc) is 2.36. The molecule has 5 N–H and O–H groups in total. The molecule has 2 aliphatic rings. The Labute approximate surface area is 108 Å². The predicted octanol–water partition coefficient (Wildman–Crippen LogP) is 1.08. The zero-order chi connectivity index (χ0) is 13.0. The second-order valence-electron chi connectivity index (χ2n) is 5.43. The molecule has 0 spiro atoms. The van der Waals surface area contributed by atoms with Crippen molar-refractivity contribution in [1.29, 1.82) is 0 Å². The van der Waals surface area contributed by atoms with Crippen molar-refractivity contribution >= 4 is 5.84 Å². The van der Waals surface area contributed by atoms with Gasteiger partial charge in [-0.1, -0.05) is 6.42 Å². The SMILES string of the molecule is NC1=NC=CC(N)(C2CCCC(NCCF)C2)C1. The zero-order valence-electron chi connectivity index (χ0n) is 10.7. The molecule has 0 saturated heterocycles. The van der Waals surface area contributed by atoms with E-state index in [4.69, 9.17) is 11.5 Å².